The summed E-state index contributed by atoms with van der Waals surface area (Å²) in [5.74, 6) is 5.63. The topological polar surface area (TPSA) is 0 Å². The molecule has 0 atom stereocenters. The van der Waals surface area contributed by atoms with E-state index in [1.165, 1.54) is 6.08 Å². The fourth-order valence-electron chi connectivity index (χ4n) is 1.63. The Labute approximate surface area is 107 Å². The van der Waals surface area contributed by atoms with Crippen LogP contribution in [0.15, 0.2) is 22.8 Å². The van der Waals surface area contributed by atoms with Crippen LogP contribution >= 0.6 is 0 Å². The summed E-state index contributed by atoms with van der Waals surface area (Å²) >= 11 is 0. The van der Waals surface area contributed by atoms with Crippen molar-refractivity contribution < 1.29 is 13.2 Å². The van der Waals surface area contributed by atoms with Crippen LogP contribution in [0.1, 0.15) is 34.1 Å². The maximum absolute atomic E-state index is 13.0. The molecule has 0 heterocycles. The Morgan fingerprint density at radius 1 is 1.17 bits per heavy atom. The molecule has 0 unspecified atom stereocenters. The Morgan fingerprint density at radius 3 is 2.22 bits per heavy atom. The highest BCUT2D eigenvalue weighted by Crippen LogP contribution is 2.36. The first-order valence-electron chi connectivity index (χ1n) is 6.08. The van der Waals surface area contributed by atoms with Crippen molar-refractivity contribution in [2.45, 2.75) is 40.3 Å². The molecule has 1 aliphatic rings. The quantitative estimate of drug-likeness (QED) is 0.596. The van der Waals surface area contributed by atoms with E-state index in [2.05, 4.69) is 11.8 Å². The summed E-state index contributed by atoms with van der Waals surface area (Å²) < 4.78 is 38.9. The minimum Gasteiger partial charge on any atom is -0.166 e. The summed E-state index contributed by atoms with van der Waals surface area (Å²) in [6, 6.07) is 0. The molecule has 0 nitrogen and oxygen atoms in total. The van der Waals surface area contributed by atoms with E-state index >= 15 is 0 Å². The Hall–Kier alpha value is -1.17. The molecule has 1 radical (unpaired) electrons. The van der Waals surface area contributed by atoms with Crippen LogP contribution in [0.25, 0.3) is 0 Å². The summed E-state index contributed by atoms with van der Waals surface area (Å²) in [5.41, 5.74) is 0.309. The molecule has 99 valence electrons. The molecule has 0 bridgehead atoms. The summed E-state index contributed by atoms with van der Waals surface area (Å²) in [5, 5.41) is 0. The van der Waals surface area contributed by atoms with Gasteiger partial charge in [-0.3, -0.25) is 0 Å². The van der Waals surface area contributed by atoms with Gasteiger partial charge < -0.3 is 0 Å². The van der Waals surface area contributed by atoms with Crippen molar-refractivity contribution >= 4 is 0 Å². The molecule has 0 spiro atoms. The van der Waals surface area contributed by atoms with Crippen LogP contribution in [0.4, 0.5) is 13.2 Å². The van der Waals surface area contributed by atoms with Gasteiger partial charge in [0.05, 0.1) is 5.57 Å². The van der Waals surface area contributed by atoms with Crippen LogP contribution in [-0.4, -0.2) is 6.18 Å². The van der Waals surface area contributed by atoms with Crippen molar-refractivity contribution in [3.63, 3.8) is 0 Å². The highest BCUT2D eigenvalue weighted by molar-refractivity contribution is 5.51. The lowest BCUT2D eigenvalue weighted by atomic mass is 9.87. The monoisotopic (exact) mass is 255 g/mol. The molecular weight excluding hydrogens is 237 g/mol. The first-order valence-corrected chi connectivity index (χ1v) is 6.08. The minimum absolute atomic E-state index is 0.0656. The normalized spacial score (nSPS) is 16.8. The zero-order valence-electron chi connectivity index (χ0n) is 11.2. The third-order valence-electron chi connectivity index (χ3n) is 2.70. The largest absolute Gasteiger partial charge is 0.417 e. The molecular formula is C15H18F3. The number of hydrogen-bond donors (Lipinski definition) is 0. The molecule has 18 heavy (non-hydrogen) atoms. The number of allylic oxidation sites excluding steroid dienone is 4. The maximum Gasteiger partial charge on any atom is 0.417 e. The van der Waals surface area contributed by atoms with E-state index in [1.54, 1.807) is 6.42 Å². The van der Waals surface area contributed by atoms with Crippen molar-refractivity contribution in [2.75, 3.05) is 0 Å². The molecule has 1 rings (SSSR count). The second-order valence-electron chi connectivity index (χ2n) is 5.03. The molecule has 0 amide bonds. The van der Waals surface area contributed by atoms with Crippen molar-refractivity contribution in [3.8, 4) is 11.8 Å². The molecule has 0 fully saturated rings. The van der Waals surface area contributed by atoms with Gasteiger partial charge in [-0.25, -0.2) is 0 Å². The number of alkyl halides is 3. The van der Waals surface area contributed by atoms with Gasteiger partial charge in [0.2, 0.25) is 0 Å². The molecule has 0 aromatic rings. The molecule has 0 N–H and O–H groups in total. The van der Waals surface area contributed by atoms with E-state index in [1.807, 2.05) is 27.7 Å². The average molecular weight is 255 g/mol. The Balaban J connectivity index is 3.20. The first kappa shape index (κ1) is 14.9. The third kappa shape index (κ3) is 3.94. The van der Waals surface area contributed by atoms with Crippen LogP contribution < -0.4 is 0 Å². The fraction of sp³-hybridized carbons (Fsp3) is 0.533. The smallest absolute Gasteiger partial charge is 0.166 e. The van der Waals surface area contributed by atoms with Crippen LogP contribution in [-0.2, 0) is 0 Å². The highest BCUT2D eigenvalue weighted by Gasteiger charge is 2.36. The van der Waals surface area contributed by atoms with Crippen molar-refractivity contribution in [1.29, 1.82) is 0 Å². The molecule has 0 saturated heterocycles. The zero-order chi connectivity index (χ0) is 13.9. The van der Waals surface area contributed by atoms with Gasteiger partial charge in [0.1, 0.15) is 0 Å². The van der Waals surface area contributed by atoms with Gasteiger partial charge in [-0.05, 0) is 18.4 Å². The Kier molecular flexibility index (Phi) is 4.67. The number of hydrogen-bond acceptors (Lipinski definition) is 0. The van der Waals surface area contributed by atoms with Crippen molar-refractivity contribution in [1.82, 2.24) is 0 Å². The number of halogens is 3. The van der Waals surface area contributed by atoms with Gasteiger partial charge in [0.25, 0.3) is 0 Å². The van der Waals surface area contributed by atoms with Gasteiger partial charge in [0.15, 0.2) is 0 Å². The van der Waals surface area contributed by atoms with E-state index in [4.69, 9.17) is 0 Å². The number of rotatable bonds is 1. The van der Waals surface area contributed by atoms with Gasteiger partial charge in [0, 0.05) is 17.9 Å². The van der Waals surface area contributed by atoms with E-state index in [0.717, 1.165) is 5.57 Å². The molecule has 3 heteroatoms. The predicted molar refractivity (Wildman–Crippen MR) is 67.5 cm³/mol. The summed E-state index contributed by atoms with van der Waals surface area (Å²) in [7, 11) is 0. The van der Waals surface area contributed by atoms with E-state index in [-0.39, 0.29) is 17.4 Å². The third-order valence-corrected chi connectivity index (χ3v) is 2.70. The predicted octanol–water partition coefficient (Wildman–Crippen LogP) is 4.70. The first-order chi connectivity index (χ1) is 8.21. The lowest BCUT2D eigenvalue weighted by Crippen LogP contribution is -2.17. The minimum atomic E-state index is -4.34. The lowest BCUT2D eigenvalue weighted by molar-refractivity contribution is -0.0889. The molecule has 0 aromatic heterocycles. The summed E-state index contributed by atoms with van der Waals surface area (Å²) in [6.07, 6.45) is -0.931. The standard InChI is InChI=1S/C15H18F3/c1-10(2)5-6-12-7-8-13(11(3)4)9-14(12)15(16,17)18/h7,9-11H,8H2,1-4H3. The zero-order valence-corrected chi connectivity index (χ0v) is 11.2. The highest BCUT2D eigenvalue weighted by atomic mass is 19.4. The molecule has 1 aliphatic carbocycles. The van der Waals surface area contributed by atoms with Crippen LogP contribution in [0, 0.1) is 30.1 Å². The van der Waals surface area contributed by atoms with E-state index in [0.29, 0.717) is 6.42 Å². The van der Waals surface area contributed by atoms with Crippen molar-refractivity contribution in [2.24, 2.45) is 11.8 Å². The van der Waals surface area contributed by atoms with E-state index < -0.39 is 11.7 Å². The second-order valence-corrected chi connectivity index (χ2v) is 5.03. The molecule has 0 saturated carbocycles. The Bertz CT molecular complexity index is 423. The maximum atomic E-state index is 13.0. The molecule has 0 aliphatic heterocycles. The lowest BCUT2D eigenvalue weighted by Gasteiger charge is -2.21. The fourth-order valence-corrected chi connectivity index (χ4v) is 1.63. The van der Waals surface area contributed by atoms with Gasteiger partial charge in [-0.15, -0.1) is 0 Å². The van der Waals surface area contributed by atoms with Crippen LogP contribution in [0.2, 0.25) is 0 Å². The second kappa shape index (κ2) is 5.65. The Morgan fingerprint density at radius 2 is 1.78 bits per heavy atom. The van der Waals surface area contributed by atoms with Crippen LogP contribution in [0.5, 0.6) is 0 Å². The molecule has 0 aromatic carbocycles. The summed E-state index contributed by atoms with van der Waals surface area (Å²) in [6.45, 7) is 7.52. The van der Waals surface area contributed by atoms with Crippen molar-refractivity contribution in [3.05, 3.63) is 29.2 Å². The van der Waals surface area contributed by atoms with Crippen LogP contribution in [0.3, 0.4) is 0 Å². The van der Waals surface area contributed by atoms with Gasteiger partial charge in [-0.2, -0.15) is 13.2 Å². The van der Waals surface area contributed by atoms with Gasteiger partial charge in [-0.1, -0.05) is 45.1 Å². The SMILES string of the molecule is CC(C)C#CC1=C(C(F)(F)F)C=C(C(C)C)C[CH]1. The van der Waals surface area contributed by atoms with E-state index in [9.17, 15) is 13.2 Å². The van der Waals surface area contributed by atoms with Gasteiger partial charge >= 0.3 is 6.18 Å². The average Bonchev–Trinajstić information content (AvgIpc) is 2.24. The summed E-state index contributed by atoms with van der Waals surface area (Å²) in [4.78, 5) is 0.